The molecule has 0 unspecified atom stereocenters. The monoisotopic (exact) mass is 663 g/mol. The third-order valence-electron chi connectivity index (χ3n) is 10.3. The van der Waals surface area contributed by atoms with Gasteiger partial charge in [0.25, 0.3) is 0 Å². The molecule has 2 nitrogen and oxygen atoms in total. The summed E-state index contributed by atoms with van der Waals surface area (Å²) >= 11 is 0. The number of hydrogen-bond acceptors (Lipinski definition) is 2. The topological polar surface area (TPSA) is 16.4 Å². The Morgan fingerprint density at radius 2 is 0.769 bits per heavy atom. The van der Waals surface area contributed by atoms with E-state index in [-0.39, 0.29) is 0 Å². The molecule has 244 valence electrons. The van der Waals surface area contributed by atoms with Crippen LogP contribution in [-0.4, -0.2) is 0 Å². The van der Waals surface area contributed by atoms with Gasteiger partial charge in [0, 0.05) is 38.5 Å². The summed E-state index contributed by atoms with van der Waals surface area (Å²) in [4.78, 5) is 2.40. The summed E-state index contributed by atoms with van der Waals surface area (Å²) in [6, 6.07) is 71.5. The molecule has 10 rings (SSSR count). The van der Waals surface area contributed by atoms with Crippen LogP contribution in [0.1, 0.15) is 0 Å². The fourth-order valence-electron chi connectivity index (χ4n) is 7.85. The maximum absolute atomic E-state index is 6.92. The number of hydrogen-bond donors (Lipinski definition) is 0. The molecule has 9 aromatic carbocycles. The molecular weight excluding hydrogens is 631 g/mol. The molecule has 0 saturated heterocycles. The zero-order chi connectivity index (χ0) is 34.4. The minimum atomic E-state index is 0.887. The van der Waals surface area contributed by atoms with E-state index < -0.39 is 0 Å². The van der Waals surface area contributed by atoms with Crippen molar-refractivity contribution >= 4 is 60.5 Å². The lowest BCUT2D eigenvalue weighted by Gasteiger charge is -2.29. The van der Waals surface area contributed by atoms with Crippen molar-refractivity contribution in [3.8, 4) is 33.4 Å². The molecule has 0 atom stereocenters. The van der Waals surface area contributed by atoms with Crippen LogP contribution < -0.4 is 4.90 Å². The number of para-hydroxylation sites is 3. The van der Waals surface area contributed by atoms with Crippen LogP contribution in [0.5, 0.6) is 0 Å². The van der Waals surface area contributed by atoms with Gasteiger partial charge in [-0.25, -0.2) is 0 Å². The SMILES string of the molecule is c1ccc(-c2cccc3c2oc2c(-c4ccccc4N(c4ccc(-c5cccc6ccccc56)cc4)c4cccc5ccccc45)cccc23)cc1. The van der Waals surface area contributed by atoms with Crippen molar-refractivity contribution in [2.45, 2.75) is 0 Å². The fraction of sp³-hybridized carbons (Fsp3) is 0. The van der Waals surface area contributed by atoms with Crippen molar-refractivity contribution in [3.63, 3.8) is 0 Å². The van der Waals surface area contributed by atoms with E-state index in [9.17, 15) is 0 Å². The summed E-state index contributed by atoms with van der Waals surface area (Å²) in [5.74, 6) is 0. The molecule has 0 radical (unpaired) electrons. The molecule has 0 N–H and O–H groups in total. The van der Waals surface area contributed by atoms with Gasteiger partial charge < -0.3 is 9.32 Å². The predicted molar refractivity (Wildman–Crippen MR) is 220 cm³/mol. The number of nitrogens with zero attached hydrogens (tertiary/aromatic N) is 1. The first-order valence-electron chi connectivity index (χ1n) is 17.8. The number of benzene rings is 9. The minimum Gasteiger partial charge on any atom is -0.455 e. The first kappa shape index (κ1) is 30.0. The second-order valence-corrected chi connectivity index (χ2v) is 13.3. The Balaban J connectivity index is 1.18. The van der Waals surface area contributed by atoms with Gasteiger partial charge in [-0.05, 0) is 57.1 Å². The second kappa shape index (κ2) is 12.5. The molecule has 0 aliphatic carbocycles. The van der Waals surface area contributed by atoms with Crippen LogP contribution in [0.4, 0.5) is 17.1 Å². The first-order valence-corrected chi connectivity index (χ1v) is 17.8. The summed E-state index contributed by atoms with van der Waals surface area (Å²) in [7, 11) is 0. The smallest absolute Gasteiger partial charge is 0.143 e. The highest BCUT2D eigenvalue weighted by Crippen LogP contribution is 2.47. The maximum Gasteiger partial charge on any atom is 0.143 e. The molecule has 1 aromatic heterocycles. The average molecular weight is 664 g/mol. The largest absolute Gasteiger partial charge is 0.455 e. The van der Waals surface area contributed by atoms with E-state index in [2.05, 4.69) is 205 Å². The van der Waals surface area contributed by atoms with E-state index in [1.54, 1.807) is 0 Å². The normalized spacial score (nSPS) is 11.5. The van der Waals surface area contributed by atoms with Crippen molar-refractivity contribution in [1.82, 2.24) is 0 Å². The van der Waals surface area contributed by atoms with Gasteiger partial charge in [-0.1, -0.05) is 176 Å². The van der Waals surface area contributed by atoms with Crippen LogP contribution in [0.3, 0.4) is 0 Å². The summed E-state index contributed by atoms with van der Waals surface area (Å²) < 4.78 is 6.92. The Hall–Kier alpha value is -6.90. The summed E-state index contributed by atoms with van der Waals surface area (Å²) in [6.45, 7) is 0. The predicted octanol–water partition coefficient (Wildman–Crippen LogP) is 14.4. The van der Waals surface area contributed by atoms with Gasteiger partial charge in [0.2, 0.25) is 0 Å². The number of rotatable bonds is 6. The Morgan fingerprint density at radius 1 is 0.288 bits per heavy atom. The molecule has 2 heteroatoms. The molecular formula is C50H33NO. The lowest BCUT2D eigenvalue weighted by Crippen LogP contribution is -2.11. The van der Waals surface area contributed by atoms with Crippen LogP contribution in [0.15, 0.2) is 205 Å². The molecule has 1 heterocycles. The van der Waals surface area contributed by atoms with Crippen molar-refractivity contribution in [1.29, 1.82) is 0 Å². The second-order valence-electron chi connectivity index (χ2n) is 13.3. The Bertz CT molecular complexity index is 2890. The highest BCUT2D eigenvalue weighted by Gasteiger charge is 2.22. The molecule has 0 saturated carbocycles. The van der Waals surface area contributed by atoms with E-state index >= 15 is 0 Å². The van der Waals surface area contributed by atoms with Crippen molar-refractivity contribution < 1.29 is 4.42 Å². The number of anilines is 3. The zero-order valence-corrected chi connectivity index (χ0v) is 28.4. The highest BCUT2D eigenvalue weighted by atomic mass is 16.3. The molecule has 0 aliphatic rings. The Labute approximate surface area is 302 Å². The average Bonchev–Trinajstić information content (AvgIpc) is 3.61. The van der Waals surface area contributed by atoms with E-state index in [4.69, 9.17) is 4.42 Å². The lowest BCUT2D eigenvalue weighted by molar-refractivity contribution is 0.671. The standard InChI is InChI=1S/C50H33NO/c1-2-14-36(15-3-1)42-24-12-26-45-46-27-13-25-44(50(46)52-49(42)45)43-22-8-9-28-48(43)51(47-29-11-19-35-17-5-7-21-41(35)47)38-32-30-37(31-33-38)40-23-10-18-34-16-4-6-20-39(34)40/h1-33H. The first-order chi connectivity index (χ1) is 25.8. The van der Waals surface area contributed by atoms with Crippen LogP contribution in [0, 0.1) is 0 Å². The van der Waals surface area contributed by atoms with Gasteiger partial charge in [0.05, 0.1) is 11.4 Å². The zero-order valence-electron chi connectivity index (χ0n) is 28.4. The van der Waals surface area contributed by atoms with Crippen LogP contribution >= 0.6 is 0 Å². The van der Waals surface area contributed by atoms with E-state index in [0.717, 1.165) is 61.3 Å². The van der Waals surface area contributed by atoms with Crippen molar-refractivity contribution in [2.24, 2.45) is 0 Å². The van der Waals surface area contributed by atoms with Crippen LogP contribution in [0.2, 0.25) is 0 Å². The van der Waals surface area contributed by atoms with Gasteiger partial charge in [-0.2, -0.15) is 0 Å². The molecule has 0 aliphatic heterocycles. The van der Waals surface area contributed by atoms with Gasteiger partial charge in [-0.3, -0.25) is 0 Å². The van der Waals surface area contributed by atoms with Gasteiger partial charge in [0.15, 0.2) is 0 Å². The molecule has 0 bridgehead atoms. The van der Waals surface area contributed by atoms with Crippen LogP contribution in [0.25, 0.3) is 76.9 Å². The van der Waals surface area contributed by atoms with Gasteiger partial charge >= 0.3 is 0 Å². The molecule has 0 spiro atoms. The van der Waals surface area contributed by atoms with Crippen molar-refractivity contribution in [3.05, 3.63) is 200 Å². The molecule has 10 aromatic rings. The van der Waals surface area contributed by atoms with E-state index in [1.165, 1.54) is 32.7 Å². The van der Waals surface area contributed by atoms with E-state index in [1.807, 2.05) is 0 Å². The maximum atomic E-state index is 6.92. The highest BCUT2D eigenvalue weighted by molar-refractivity contribution is 6.14. The lowest BCUT2D eigenvalue weighted by atomic mass is 9.97. The molecule has 0 fully saturated rings. The van der Waals surface area contributed by atoms with Gasteiger partial charge in [0.1, 0.15) is 11.2 Å². The Kier molecular flexibility index (Phi) is 7.18. The van der Waals surface area contributed by atoms with Gasteiger partial charge in [-0.15, -0.1) is 0 Å². The summed E-state index contributed by atoms with van der Waals surface area (Å²) in [5.41, 5.74) is 11.9. The summed E-state index contributed by atoms with van der Waals surface area (Å²) in [5, 5.41) is 7.10. The third-order valence-corrected chi connectivity index (χ3v) is 10.3. The van der Waals surface area contributed by atoms with Crippen LogP contribution in [-0.2, 0) is 0 Å². The van der Waals surface area contributed by atoms with Crippen molar-refractivity contribution in [2.75, 3.05) is 4.90 Å². The molecule has 52 heavy (non-hydrogen) atoms. The quantitative estimate of drug-likeness (QED) is 0.176. The Morgan fingerprint density at radius 3 is 1.56 bits per heavy atom. The minimum absolute atomic E-state index is 0.887. The number of fused-ring (bicyclic) bond motifs is 5. The number of furan rings is 1. The third kappa shape index (κ3) is 4.96. The molecule has 0 amide bonds. The van der Waals surface area contributed by atoms with E-state index in [0.29, 0.717) is 0 Å². The summed E-state index contributed by atoms with van der Waals surface area (Å²) in [6.07, 6.45) is 0. The fourth-order valence-corrected chi connectivity index (χ4v) is 7.85.